The highest BCUT2D eigenvalue weighted by atomic mass is 35.5. The Balaban J connectivity index is 1.63. The number of hydrogen-bond acceptors (Lipinski definition) is 3. The van der Waals surface area contributed by atoms with Gasteiger partial charge in [0.25, 0.3) is 5.91 Å². The van der Waals surface area contributed by atoms with Crippen LogP contribution in [0.1, 0.15) is 42.5 Å². The van der Waals surface area contributed by atoms with Crippen molar-refractivity contribution in [3.05, 3.63) is 59.1 Å². The zero-order chi connectivity index (χ0) is 17.7. The van der Waals surface area contributed by atoms with Crippen molar-refractivity contribution in [2.45, 2.75) is 37.7 Å². The fourth-order valence-corrected chi connectivity index (χ4v) is 3.39. The Labute approximate surface area is 153 Å². The molecular weight excluding hydrogens is 336 g/mol. The van der Waals surface area contributed by atoms with Gasteiger partial charge in [0.2, 0.25) is 0 Å². The van der Waals surface area contributed by atoms with Crippen LogP contribution in [0.4, 0.5) is 11.4 Å². The van der Waals surface area contributed by atoms with Crippen LogP contribution in [0.2, 0.25) is 5.02 Å². The normalized spacial score (nSPS) is 16.2. The van der Waals surface area contributed by atoms with Gasteiger partial charge in [-0.15, -0.1) is 0 Å². The van der Waals surface area contributed by atoms with Gasteiger partial charge in [-0.2, -0.15) is 0 Å². The number of nitrogens with one attached hydrogen (secondary N) is 2. The van der Waals surface area contributed by atoms with Crippen LogP contribution in [0.5, 0.6) is 0 Å². The van der Waals surface area contributed by atoms with E-state index in [0.29, 0.717) is 17.1 Å². The number of carbonyl (C=O) groups excluding carboxylic acids is 1. The number of hydrogen-bond donors (Lipinski definition) is 3. The average Bonchev–Trinajstić information content (AvgIpc) is 2.61. The number of halogens is 1. The Morgan fingerprint density at radius 1 is 1.04 bits per heavy atom. The van der Waals surface area contributed by atoms with Crippen LogP contribution < -0.4 is 10.6 Å². The van der Waals surface area contributed by atoms with E-state index in [4.69, 9.17) is 11.6 Å². The van der Waals surface area contributed by atoms with Crippen molar-refractivity contribution in [2.24, 2.45) is 0 Å². The summed E-state index contributed by atoms with van der Waals surface area (Å²) in [7, 11) is 0. The lowest BCUT2D eigenvalue weighted by Gasteiger charge is -2.32. The second-order valence-electron chi connectivity index (χ2n) is 6.68. The van der Waals surface area contributed by atoms with Crippen LogP contribution >= 0.6 is 11.6 Å². The molecule has 5 heteroatoms. The minimum atomic E-state index is -0.759. The molecule has 0 saturated heterocycles. The number of rotatable bonds is 5. The van der Waals surface area contributed by atoms with Crippen molar-refractivity contribution in [2.75, 3.05) is 11.9 Å². The first-order chi connectivity index (χ1) is 12.0. The highest BCUT2D eigenvalue weighted by molar-refractivity contribution is 6.30. The van der Waals surface area contributed by atoms with Crippen LogP contribution in [0.25, 0.3) is 0 Å². The molecule has 0 unspecified atom stereocenters. The fourth-order valence-electron chi connectivity index (χ4n) is 3.20. The van der Waals surface area contributed by atoms with Crippen LogP contribution in [0, 0.1) is 0 Å². The van der Waals surface area contributed by atoms with E-state index in [1.165, 1.54) is 0 Å². The van der Waals surface area contributed by atoms with Crippen LogP contribution in [0.15, 0.2) is 48.5 Å². The smallest absolute Gasteiger partial charge is 0.251 e. The molecule has 1 saturated carbocycles. The van der Waals surface area contributed by atoms with E-state index in [1.54, 1.807) is 12.1 Å². The molecule has 0 atom stereocenters. The lowest BCUT2D eigenvalue weighted by molar-refractivity contribution is 0.00526. The van der Waals surface area contributed by atoms with Gasteiger partial charge in [-0.3, -0.25) is 4.79 Å². The molecule has 3 rings (SSSR count). The zero-order valence-electron chi connectivity index (χ0n) is 14.1. The summed E-state index contributed by atoms with van der Waals surface area (Å²) in [4.78, 5) is 12.4. The summed E-state index contributed by atoms with van der Waals surface area (Å²) in [6.45, 7) is 0.303. The predicted octanol–water partition coefficient (Wildman–Crippen LogP) is 4.51. The average molecular weight is 359 g/mol. The maximum Gasteiger partial charge on any atom is 0.251 e. The highest BCUT2D eigenvalue weighted by Gasteiger charge is 2.29. The topological polar surface area (TPSA) is 61.4 Å². The first-order valence-corrected chi connectivity index (χ1v) is 9.05. The van der Waals surface area contributed by atoms with Gasteiger partial charge in [-0.25, -0.2) is 0 Å². The standard InChI is InChI=1S/C20H23ClN2O2/c21-16-7-5-9-18(13-16)23-17-8-4-6-15(12-17)19(24)22-14-20(25)10-2-1-3-11-20/h4-9,12-13,23,25H,1-3,10-11,14H2,(H,22,24). The van der Waals surface area contributed by atoms with Crippen LogP contribution in [-0.4, -0.2) is 23.2 Å². The Kier molecular flexibility index (Phi) is 5.61. The van der Waals surface area contributed by atoms with E-state index in [0.717, 1.165) is 43.5 Å². The van der Waals surface area contributed by atoms with Gasteiger partial charge < -0.3 is 15.7 Å². The van der Waals surface area contributed by atoms with Crippen LogP contribution in [0.3, 0.4) is 0 Å². The first-order valence-electron chi connectivity index (χ1n) is 8.67. The maximum absolute atomic E-state index is 12.4. The minimum absolute atomic E-state index is 0.172. The van der Waals surface area contributed by atoms with Crippen molar-refractivity contribution < 1.29 is 9.90 Å². The molecule has 2 aromatic carbocycles. The van der Waals surface area contributed by atoms with E-state index >= 15 is 0 Å². The molecule has 0 spiro atoms. The van der Waals surface area contributed by atoms with Gasteiger partial charge in [-0.05, 0) is 49.2 Å². The minimum Gasteiger partial charge on any atom is -0.388 e. The lowest BCUT2D eigenvalue weighted by atomic mass is 9.85. The van der Waals surface area contributed by atoms with Gasteiger partial charge in [0.05, 0.1) is 5.60 Å². The van der Waals surface area contributed by atoms with E-state index < -0.39 is 5.60 Å². The van der Waals surface area contributed by atoms with Crippen molar-refractivity contribution in [3.63, 3.8) is 0 Å². The Morgan fingerprint density at radius 2 is 1.72 bits per heavy atom. The number of carbonyl (C=O) groups is 1. The molecule has 132 valence electrons. The van der Waals surface area contributed by atoms with Crippen molar-refractivity contribution in [1.82, 2.24) is 5.32 Å². The molecule has 1 amide bonds. The van der Waals surface area contributed by atoms with Crippen molar-refractivity contribution in [3.8, 4) is 0 Å². The fraction of sp³-hybridized carbons (Fsp3) is 0.350. The summed E-state index contributed by atoms with van der Waals surface area (Å²) in [6.07, 6.45) is 4.71. The molecule has 0 bridgehead atoms. The molecule has 1 fully saturated rings. The second-order valence-corrected chi connectivity index (χ2v) is 7.12. The van der Waals surface area contributed by atoms with Gasteiger partial charge in [-0.1, -0.05) is 43.0 Å². The molecule has 0 heterocycles. The number of benzene rings is 2. The molecule has 0 aromatic heterocycles. The molecule has 1 aliphatic rings. The third kappa shape index (κ3) is 4.97. The zero-order valence-corrected chi connectivity index (χ0v) is 14.9. The van der Waals surface area contributed by atoms with Gasteiger partial charge in [0, 0.05) is 28.5 Å². The monoisotopic (exact) mass is 358 g/mol. The van der Waals surface area contributed by atoms with E-state index in [2.05, 4.69) is 10.6 Å². The molecule has 3 N–H and O–H groups in total. The van der Waals surface area contributed by atoms with Crippen molar-refractivity contribution in [1.29, 1.82) is 0 Å². The Bertz CT molecular complexity index is 742. The molecule has 25 heavy (non-hydrogen) atoms. The summed E-state index contributed by atoms with van der Waals surface area (Å²) in [5.41, 5.74) is 1.48. The van der Waals surface area contributed by atoms with Crippen molar-refractivity contribution >= 4 is 28.9 Å². The summed E-state index contributed by atoms with van der Waals surface area (Å²) >= 11 is 5.99. The maximum atomic E-state index is 12.4. The Hall–Kier alpha value is -2.04. The van der Waals surface area contributed by atoms with E-state index in [1.807, 2.05) is 36.4 Å². The molecule has 0 radical (unpaired) electrons. The van der Waals surface area contributed by atoms with Gasteiger partial charge in [0.1, 0.15) is 0 Å². The van der Waals surface area contributed by atoms with E-state index in [9.17, 15) is 9.90 Å². The number of amides is 1. The summed E-state index contributed by atoms with van der Waals surface area (Å²) < 4.78 is 0. The molecule has 2 aromatic rings. The summed E-state index contributed by atoms with van der Waals surface area (Å²) in [5, 5.41) is 17.3. The quantitative estimate of drug-likeness (QED) is 0.737. The largest absolute Gasteiger partial charge is 0.388 e. The first kappa shape index (κ1) is 17.8. The third-order valence-corrected chi connectivity index (χ3v) is 4.84. The third-order valence-electron chi connectivity index (χ3n) is 4.60. The van der Waals surface area contributed by atoms with Crippen LogP contribution in [-0.2, 0) is 0 Å². The second kappa shape index (κ2) is 7.89. The number of aliphatic hydroxyl groups is 1. The van der Waals surface area contributed by atoms with Gasteiger partial charge in [0.15, 0.2) is 0 Å². The molecular formula is C20H23ClN2O2. The van der Waals surface area contributed by atoms with E-state index in [-0.39, 0.29) is 5.91 Å². The SMILES string of the molecule is O=C(NCC1(O)CCCCC1)c1cccc(Nc2cccc(Cl)c2)c1. The predicted molar refractivity (Wildman–Crippen MR) is 102 cm³/mol. The lowest BCUT2D eigenvalue weighted by Crippen LogP contribution is -2.44. The molecule has 1 aliphatic carbocycles. The number of anilines is 2. The summed E-state index contributed by atoms with van der Waals surface area (Å²) in [5.74, 6) is -0.172. The highest BCUT2D eigenvalue weighted by Crippen LogP contribution is 2.27. The Morgan fingerprint density at radius 3 is 2.44 bits per heavy atom. The molecule has 0 aliphatic heterocycles. The molecule has 4 nitrogen and oxygen atoms in total. The summed E-state index contributed by atoms with van der Waals surface area (Å²) in [6, 6.07) is 14.7. The van der Waals surface area contributed by atoms with Gasteiger partial charge >= 0.3 is 0 Å².